The second-order valence-corrected chi connectivity index (χ2v) is 5.60. The van der Waals surface area contributed by atoms with E-state index in [-0.39, 0.29) is 0 Å². The van der Waals surface area contributed by atoms with Gasteiger partial charge >= 0.3 is 0 Å². The smallest absolute Gasteiger partial charge is 0.133 e. The van der Waals surface area contributed by atoms with Crippen molar-refractivity contribution in [1.29, 1.82) is 0 Å². The Morgan fingerprint density at radius 1 is 1.18 bits per heavy atom. The Bertz CT molecular complexity index is 249. The maximum absolute atomic E-state index is 11.2. The molecule has 0 aromatic heterocycles. The Morgan fingerprint density at radius 2 is 1.76 bits per heavy atom. The van der Waals surface area contributed by atoms with Crippen LogP contribution in [0.4, 0.5) is 0 Å². The van der Waals surface area contributed by atoms with Crippen molar-refractivity contribution in [3.63, 3.8) is 0 Å². The molecule has 0 radical (unpaired) electrons. The summed E-state index contributed by atoms with van der Waals surface area (Å²) >= 11 is 0. The molecule has 3 heteroatoms. The van der Waals surface area contributed by atoms with Crippen molar-refractivity contribution in [2.75, 3.05) is 26.2 Å². The van der Waals surface area contributed by atoms with E-state index < -0.39 is 0 Å². The van der Waals surface area contributed by atoms with Gasteiger partial charge in [0, 0.05) is 51.1 Å². The molecule has 1 unspecified atom stereocenters. The fourth-order valence-electron chi connectivity index (χ4n) is 3.09. The second-order valence-electron chi connectivity index (χ2n) is 5.60. The van der Waals surface area contributed by atoms with E-state index in [2.05, 4.69) is 23.6 Å². The van der Waals surface area contributed by atoms with Crippen molar-refractivity contribution in [1.82, 2.24) is 9.80 Å². The van der Waals surface area contributed by atoms with E-state index in [1.165, 1.54) is 32.6 Å². The first-order valence-electron chi connectivity index (χ1n) is 7.20. The third kappa shape index (κ3) is 3.29. The zero-order chi connectivity index (χ0) is 12.3. The van der Waals surface area contributed by atoms with E-state index in [0.717, 1.165) is 31.7 Å². The number of piperazine rings is 1. The van der Waals surface area contributed by atoms with E-state index in [1.54, 1.807) is 0 Å². The molecule has 0 N–H and O–H groups in total. The summed E-state index contributed by atoms with van der Waals surface area (Å²) in [6.07, 6.45) is 5.08. The fraction of sp³-hybridized carbons (Fsp3) is 0.929. The molecule has 1 saturated heterocycles. The van der Waals surface area contributed by atoms with Crippen LogP contribution in [-0.2, 0) is 4.79 Å². The summed E-state index contributed by atoms with van der Waals surface area (Å²) in [6.45, 7) is 9.41. The Labute approximate surface area is 105 Å². The second kappa shape index (κ2) is 5.96. The van der Waals surface area contributed by atoms with Crippen molar-refractivity contribution in [2.24, 2.45) is 0 Å². The lowest BCUT2D eigenvalue weighted by atomic mass is 9.92. The normalized spacial score (nSPS) is 27.3. The molecule has 17 heavy (non-hydrogen) atoms. The Balaban J connectivity index is 1.77. The highest BCUT2D eigenvalue weighted by atomic mass is 16.1. The Morgan fingerprint density at radius 3 is 2.29 bits per heavy atom. The Hall–Kier alpha value is -0.410. The highest BCUT2D eigenvalue weighted by molar-refractivity contribution is 5.79. The average molecular weight is 238 g/mol. The molecule has 1 atom stereocenters. The largest absolute Gasteiger partial charge is 0.300 e. The fourth-order valence-corrected chi connectivity index (χ4v) is 3.09. The molecule has 0 aromatic rings. The molecule has 1 aliphatic carbocycles. The summed E-state index contributed by atoms with van der Waals surface area (Å²) in [6, 6.07) is 1.41. The summed E-state index contributed by atoms with van der Waals surface area (Å²) in [7, 11) is 0. The van der Waals surface area contributed by atoms with Crippen LogP contribution >= 0.6 is 0 Å². The lowest BCUT2D eigenvalue weighted by Gasteiger charge is -2.42. The number of ketones is 1. The van der Waals surface area contributed by atoms with Crippen molar-refractivity contribution >= 4 is 5.78 Å². The van der Waals surface area contributed by atoms with E-state index in [4.69, 9.17) is 0 Å². The van der Waals surface area contributed by atoms with Gasteiger partial charge in [-0.2, -0.15) is 0 Å². The first-order valence-corrected chi connectivity index (χ1v) is 7.20. The van der Waals surface area contributed by atoms with Gasteiger partial charge in [0.2, 0.25) is 0 Å². The lowest BCUT2D eigenvalue weighted by Crippen LogP contribution is -2.53. The molecule has 98 valence electrons. The quantitative estimate of drug-likeness (QED) is 0.750. The Kier molecular flexibility index (Phi) is 4.57. The molecule has 0 amide bonds. The molecule has 1 heterocycles. The molecule has 0 bridgehead atoms. The van der Waals surface area contributed by atoms with Crippen LogP contribution in [0.1, 0.15) is 46.0 Å². The van der Waals surface area contributed by atoms with Gasteiger partial charge in [-0.3, -0.25) is 14.6 Å². The van der Waals surface area contributed by atoms with Crippen LogP contribution < -0.4 is 0 Å². The molecule has 2 fully saturated rings. The highest BCUT2D eigenvalue weighted by Gasteiger charge is 2.28. The predicted octanol–water partition coefficient (Wildman–Crippen LogP) is 1.91. The minimum atomic E-state index is 0.472. The number of hydrogen-bond donors (Lipinski definition) is 0. The molecule has 3 nitrogen and oxygen atoms in total. The third-order valence-corrected chi connectivity index (χ3v) is 4.59. The van der Waals surface area contributed by atoms with E-state index in [0.29, 0.717) is 11.8 Å². The summed E-state index contributed by atoms with van der Waals surface area (Å²) in [4.78, 5) is 16.5. The average Bonchev–Trinajstić information content (AvgIpc) is 2.39. The van der Waals surface area contributed by atoms with Crippen LogP contribution in [0, 0.1) is 0 Å². The SMILES string of the molecule is CCC(C)N1CCN(C2CCC(=O)CC2)CC1. The number of carbonyl (C=O) groups is 1. The van der Waals surface area contributed by atoms with Crippen molar-refractivity contribution in [3.8, 4) is 0 Å². The zero-order valence-corrected chi connectivity index (χ0v) is 11.3. The summed E-state index contributed by atoms with van der Waals surface area (Å²) < 4.78 is 0. The monoisotopic (exact) mass is 238 g/mol. The molecular weight excluding hydrogens is 212 g/mol. The zero-order valence-electron chi connectivity index (χ0n) is 11.3. The van der Waals surface area contributed by atoms with Gasteiger partial charge in [-0.05, 0) is 26.2 Å². The van der Waals surface area contributed by atoms with Gasteiger partial charge < -0.3 is 0 Å². The van der Waals surface area contributed by atoms with Crippen molar-refractivity contribution in [2.45, 2.75) is 58.0 Å². The third-order valence-electron chi connectivity index (χ3n) is 4.59. The maximum Gasteiger partial charge on any atom is 0.133 e. The number of rotatable bonds is 3. The van der Waals surface area contributed by atoms with Gasteiger partial charge in [0.25, 0.3) is 0 Å². The molecule has 2 aliphatic rings. The lowest BCUT2D eigenvalue weighted by molar-refractivity contribution is -0.121. The predicted molar refractivity (Wildman–Crippen MR) is 70.2 cm³/mol. The first kappa shape index (κ1) is 13.0. The van der Waals surface area contributed by atoms with Gasteiger partial charge in [0.1, 0.15) is 5.78 Å². The van der Waals surface area contributed by atoms with Crippen LogP contribution in [-0.4, -0.2) is 53.8 Å². The van der Waals surface area contributed by atoms with E-state index >= 15 is 0 Å². The van der Waals surface area contributed by atoms with Crippen molar-refractivity contribution in [3.05, 3.63) is 0 Å². The minimum Gasteiger partial charge on any atom is -0.300 e. The van der Waals surface area contributed by atoms with Gasteiger partial charge in [0.15, 0.2) is 0 Å². The first-order chi connectivity index (χ1) is 8.20. The summed E-state index contributed by atoms with van der Waals surface area (Å²) in [5, 5.41) is 0. The van der Waals surface area contributed by atoms with Crippen LogP contribution in [0.2, 0.25) is 0 Å². The molecule has 0 aromatic carbocycles. The van der Waals surface area contributed by atoms with Crippen LogP contribution in [0.3, 0.4) is 0 Å². The van der Waals surface area contributed by atoms with Crippen LogP contribution in [0.5, 0.6) is 0 Å². The van der Waals surface area contributed by atoms with E-state index in [9.17, 15) is 4.79 Å². The molecular formula is C14H26N2O. The number of carbonyl (C=O) groups excluding carboxylic acids is 1. The molecule has 2 rings (SSSR count). The van der Waals surface area contributed by atoms with Gasteiger partial charge in [0.05, 0.1) is 0 Å². The number of hydrogen-bond acceptors (Lipinski definition) is 3. The number of nitrogens with zero attached hydrogens (tertiary/aromatic N) is 2. The minimum absolute atomic E-state index is 0.472. The summed E-state index contributed by atoms with van der Waals surface area (Å²) in [5.41, 5.74) is 0. The standard InChI is InChI=1S/C14H26N2O/c1-3-12(2)15-8-10-16(11-9-15)13-4-6-14(17)7-5-13/h12-13H,3-11H2,1-2H3. The number of Topliss-reactive ketones (excluding diaryl/α,β-unsaturated/α-hetero) is 1. The molecule has 1 aliphatic heterocycles. The van der Waals surface area contributed by atoms with E-state index in [1.807, 2.05) is 0 Å². The van der Waals surface area contributed by atoms with Crippen molar-refractivity contribution < 1.29 is 4.79 Å². The highest BCUT2D eigenvalue weighted by Crippen LogP contribution is 2.22. The summed E-state index contributed by atoms with van der Waals surface area (Å²) in [5.74, 6) is 0.472. The van der Waals surface area contributed by atoms with Crippen LogP contribution in [0.15, 0.2) is 0 Å². The van der Waals surface area contributed by atoms with Crippen LogP contribution in [0.25, 0.3) is 0 Å². The van der Waals surface area contributed by atoms with Gasteiger partial charge in [-0.25, -0.2) is 0 Å². The molecule has 1 saturated carbocycles. The molecule has 0 spiro atoms. The maximum atomic E-state index is 11.2. The topological polar surface area (TPSA) is 23.6 Å². The van der Waals surface area contributed by atoms with Gasteiger partial charge in [-0.15, -0.1) is 0 Å². The van der Waals surface area contributed by atoms with Gasteiger partial charge in [-0.1, -0.05) is 6.92 Å².